The Hall–Kier alpha value is -4.83. The normalized spacial score (nSPS) is 13.7. The van der Waals surface area contributed by atoms with Gasteiger partial charge >= 0.3 is 11.9 Å². The van der Waals surface area contributed by atoms with E-state index in [-0.39, 0.29) is 38.6 Å². The Labute approximate surface area is 522 Å². The number of allylic oxidation sites excluding steroid dienone is 24. The van der Waals surface area contributed by atoms with Gasteiger partial charge in [0.1, 0.15) is 13.2 Å². The third kappa shape index (κ3) is 66.5. The average molecular weight is 1180 g/mol. The fourth-order valence-electron chi connectivity index (χ4n) is 8.89. The first-order valence-corrected chi connectivity index (χ1v) is 34.0. The van der Waals surface area contributed by atoms with Gasteiger partial charge in [-0.05, 0) is 122 Å². The van der Waals surface area contributed by atoms with Crippen molar-refractivity contribution in [1.82, 2.24) is 0 Å². The number of esters is 2. The molecule has 0 rings (SSSR count). The van der Waals surface area contributed by atoms with Crippen molar-refractivity contribution in [2.75, 3.05) is 47.5 Å². The van der Waals surface area contributed by atoms with Crippen LogP contribution in [0.25, 0.3) is 0 Å². The van der Waals surface area contributed by atoms with Crippen LogP contribution in [0.4, 0.5) is 0 Å². The Bertz CT molecular complexity index is 1900. The van der Waals surface area contributed by atoms with E-state index in [1.165, 1.54) is 116 Å². The van der Waals surface area contributed by atoms with Crippen LogP contribution in [0.15, 0.2) is 146 Å². The number of nitrogens with zero attached hydrogens (tertiary/aromatic N) is 1. The van der Waals surface area contributed by atoms with Gasteiger partial charge < -0.3 is 33.3 Å². The highest BCUT2D eigenvalue weighted by molar-refractivity contribution is 5.70. The van der Waals surface area contributed by atoms with Crippen LogP contribution in [0.2, 0.25) is 0 Å². The number of aliphatic carboxylic acids is 1. The quantitative estimate of drug-likeness (QED) is 0.0195. The molecule has 85 heavy (non-hydrogen) atoms. The second-order valence-electron chi connectivity index (χ2n) is 23.4. The van der Waals surface area contributed by atoms with Crippen LogP contribution in [0.1, 0.15) is 258 Å². The topological polar surface area (TPSA) is 111 Å². The van der Waals surface area contributed by atoms with Crippen molar-refractivity contribution in [1.29, 1.82) is 0 Å². The molecular weight excluding hydrogens is 1050 g/mol. The number of ether oxygens (including phenoxy) is 4. The van der Waals surface area contributed by atoms with Crippen molar-refractivity contribution in [2.24, 2.45) is 0 Å². The second kappa shape index (κ2) is 65.2. The number of carboxylic acid groups (broad SMARTS) is 1. The van der Waals surface area contributed by atoms with E-state index in [0.717, 1.165) is 109 Å². The number of rotatable bonds is 61. The summed E-state index contributed by atoms with van der Waals surface area (Å²) in [5, 5.41) is 11.8. The third-order valence-electron chi connectivity index (χ3n) is 14.1. The van der Waals surface area contributed by atoms with Crippen LogP contribution < -0.4 is 5.11 Å². The molecule has 0 aromatic carbocycles. The zero-order valence-electron chi connectivity index (χ0n) is 54.9. The average Bonchev–Trinajstić information content (AvgIpc) is 3.49. The summed E-state index contributed by atoms with van der Waals surface area (Å²) in [6.07, 6.45) is 92.0. The Kier molecular flexibility index (Phi) is 61.4. The first kappa shape index (κ1) is 80.2. The predicted molar refractivity (Wildman–Crippen MR) is 361 cm³/mol. The van der Waals surface area contributed by atoms with Crippen molar-refractivity contribution in [3.8, 4) is 0 Å². The lowest BCUT2D eigenvalue weighted by molar-refractivity contribution is -0.870. The molecule has 2 atom stereocenters. The van der Waals surface area contributed by atoms with E-state index in [4.69, 9.17) is 18.9 Å². The van der Waals surface area contributed by atoms with Crippen molar-refractivity contribution in [2.45, 2.75) is 270 Å². The molecule has 0 aliphatic carbocycles. The van der Waals surface area contributed by atoms with Gasteiger partial charge in [0.2, 0.25) is 0 Å². The van der Waals surface area contributed by atoms with Gasteiger partial charge in [-0.3, -0.25) is 9.59 Å². The largest absolute Gasteiger partial charge is 0.545 e. The van der Waals surface area contributed by atoms with Crippen LogP contribution >= 0.6 is 0 Å². The van der Waals surface area contributed by atoms with E-state index in [1.54, 1.807) is 0 Å². The number of likely N-dealkylation sites (N-methyl/N-ethyl adjacent to an activating group) is 1. The lowest BCUT2D eigenvalue weighted by atomic mass is 10.0. The number of carboxylic acids is 1. The fraction of sp³-hybridized carbons (Fsp3) is 0.645. The van der Waals surface area contributed by atoms with Crippen LogP contribution in [-0.2, 0) is 33.3 Å². The summed E-state index contributed by atoms with van der Waals surface area (Å²) in [6, 6.07) is 0. The van der Waals surface area contributed by atoms with E-state index in [1.807, 2.05) is 21.1 Å². The maximum atomic E-state index is 12.9. The lowest BCUT2D eigenvalue weighted by Crippen LogP contribution is -2.44. The Morgan fingerprint density at radius 2 is 0.671 bits per heavy atom. The molecule has 0 heterocycles. The Morgan fingerprint density at radius 1 is 0.365 bits per heavy atom. The molecule has 0 aliphatic rings. The van der Waals surface area contributed by atoms with Crippen molar-refractivity contribution < 1.29 is 42.9 Å². The minimum Gasteiger partial charge on any atom is -0.545 e. The molecule has 0 bridgehead atoms. The summed E-state index contributed by atoms with van der Waals surface area (Å²) in [5.41, 5.74) is 0. The van der Waals surface area contributed by atoms with E-state index >= 15 is 0 Å². The number of hydrogen-bond acceptors (Lipinski definition) is 8. The van der Waals surface area contributed by atoms with Gasteiger partial charge in [-0.1, -0.05) is 269 Å². The fourth-order valence-corrected chi connectivity index (χ4v) is 8.89. The highest BCUT2D eigenvalue weighted by Crippen LogP contribution is 2.16. The van der Waals surface area contributed by atoms with Gasteiger partial charge in [-0.15, -0.1) is 0 Å². The minimum atomic E-state index is -1.64. The molecule has 2 unspecified atom stereocenters. The Balaban J connectivity index is 4.27. The third-order valence-corrected chi connectivity index (χ3v) is 14.1. The maximum absolute atomic E-state index is 12.9. The number of carbonyl (C=O) groups excluding carboxylic acids is 3. The zero-order valence-corrected chi connectivity index (χ0v) is 54.9. The molecule has 0 N–H and O–H groups in total. The van der Waals surface area contributed by atoms with Crippen LogP contribution in [0.3, 0.4) is 0 Å². The SMILES string of the molecule is CC/C=C\C/C=C\C/C=C\C/C=C\C/C=C\C/C=C\C/C=C\C/C=C\C/C=C\CCCCCC(=O)OC(COC(=O)CCCCCCCCCCCCCCCC/C=C\C/C=C\C/C=C\CCCCCCC)COC(OCC[N+](C)(C)C)C(=O)[O-]. The van der Waals surface area contributed by atoms with Gasteiger partial charge in [0, 0.05) is 12.8 Å². The summed E-state index contributed by atoms with van der Waals surface area (Å²) in [5.74, 6) is -2.34. The molecule has 0 aromatic rings. The van der Waals surface area contributed by atoms with Crippen LogP contribution in [0, 0.1) is 0 Å². The van der Waals surface area contributed by atoms with Crippen molar-refractivity contribution in [3.05, 3.63) is 146 Å². The molecular formula is C76H125NO8. The lowest BCUT2D eigenvalue weighted by Gasteiger charge is -2.26. The summed E-state index contributed by atoms with van der Waals surface area (Å²) >= 11 is 0. The predicted octanol–water partition coefficient (Wildman–Crippen LogP) is 19.8. The van der Waals surface area contributed by atoms with Crippen LogP contribution in [-0.4, -0.2) is 82.3 Å². The number of unbranched alkanes of at least 4 members (excludes halogenated alkanes) is 22. The highest BCUT2D eigenvalue weighted by Gasteiger charge is 2.22. The summed E-state index contributed by atoms with van der Waals surface area (Å²) in [4.78, 5) is 37.5. The molecule has 0 aromatic heterocycles. The molecule has 9 heteroatoms. The summed E-state index contributed by atoms with van der Waals surface area (Å²) in [7, 11) is 5.91. The van der Waals surface area contributed by atoms with Gasteiger partial charge in [-0.2, -0.15) is 0 Å². The molecule has 0 amide bonds. The molecule has 0 saturated carbocycles. The molecule has 0 spiro atoms. The standard InChI is InChI=1S/C76H125NO8/c1-6-8-10-12-14-16-18-20-22-24-26-28-30-32-34-36-37-39-41-43-45-47-49-51-53-55-57-59-61-63-65-67-74(79)85-72(71-84-76(75(80)81)82-69-68-77(3,4)5)70-83-73(78)66-64-62-60-58-56-54-52-50-48-46-44-42-40-38-35-33-31-29-27-25-23-21-19-17-15-13-11-9-7-2/h8,10,14,16,19-22,25-28,31-34,37,39,43,45,49,51,55,57,72,76H,6-7,9,11-13,15,17-18,23-24,29-30,35-36,38,40-42,44,46-48,50,52-54,56,58-71H2,1-5H3/b10-8-,16-14-,21-19-,22-20-,27-25-,28-26-,33-31-,34-32-,39-37-,45-43-,51-49-,57-55-. The molecule has 0 aliphatic heterocycles. The Morgan fingerprint density at radius 3 is 1.01 bits per heavy atom. The second-order valence-corrected chi connectivity index (χ2v) is 23.4. The number of carbonyl (C=O) groups is 3. The van der Waals surface area contributed by atoms with Gasteiger partial charge in [-0.25, -0.2) is 0 Å². The monoisotopic (exact) mass is 1180 g/mol. The first-order chi connectivity index (χ1) is 41.6. The highest BCUT2D eigenvalue weighted by atomic mass is 16.7. The molecule has 482 valence electrons. The minimum absolute atomic E-state index is 0.133. The molecule has 0 fully saturated rings. The first-order valence-electron chi connectivity index (χ1n) is 34.0. The van der Waals surface area contributed by atoms with Crippen molar-refractivity contribution >= 4 is 17.9 Å². The molecule has 9 nitrogen and oxygen atoms in total. The van der Waals surface area contributed by atoms with E-state index in [2.05, 4.69) is 160 Å². The van der Waals surface area contributed by atoms with E-state index < -0.39 is 24.3 Å². The van der Waals surface area contributed by atoms with E-state index in [0.29, 0.717) is 17.4 Å². The maximum Gasteiger partial charge on any atom is 0.306 e. The van der Waals surface area contributed by atoms with Gasteiger partial charge in [0.05, 0.1) is 40.3 Å². The molecule has 0 saturated heterocycles. The van der Waals surface area contributed by atoms with Crippen LogP contribution in [0.5, 0.6) is 0 Å². The number of quaternary nitrogens is 1. The molecule has 0 radical (unpaired) electrons. The smallest absolute Gasteiger partial charge is 0.306 e. The zero-order chi connectivity index (χ0) is 61.9. The van der Waals surface area contributed by atoms with Gasteiger partial charge in [0.15, 0.2) is 12.4 Å². The summed E-state index contributed by atoms with van der Waals surface area (Å²) < 4.78 is 22.7. The van der Waals surface area contributed by atoms with E-state index in [9.17, 15) is 19.5 Å². The number of hydrogen-bond donors (Lipinski definition) is 0. The van der Waals surface area contributed by atoms with Crippen molar-refractivity contribution in [3.63, 3.8) is 0 Å². The summed E-state index contributed by atoms with van der Waals surface area (Å²) in [6.45, 7) is 4.58. The van der Waals surface area contributed by atoms with Gasteiger partial charge in [0.25, 0.3) is 0 Å².